The van der Waals surface area contributed by atoms with E-state index in [0.717, 1.165) is 17.1 Å². The van der Waals surface area contributed by atoms with Crippen LogP contribution in [0.5, 0.6) is 0 Å². The summed E-state index contributed by atoms with van der Waals surface area (Å²) in [5, 5.41) is 2.95. The highest BCUT2D eigenvalue weighted by molar-refractivity contribution is 7.09. The van der Waals surface area contributed by atoms with Crippen LogP contribution in [-0.2, 0) is 20.9 Å². The molecule has 1 saturated heterocycles. The van der Waals surface area contributed by atoms with Crippen molar-refractivity contribution >= 4 is 23.2 Å². The van der Waals surface area contributed by atoms with Crippen LogP contribution in [0.3, 0.4) is 0 Å². The molecule has 1 aromatic heterocycles. The van der Waals surface area contributed by atoms with Crippen molar-refractivity contribution in [2.24, 2.45) is 0 Å². The van der Waals surface area contributed by atoms with Gasteiger partial charge in [0.1, 0.15) is 5.01 Å². The molecule has 0 radical (unpaired) electrons. The zero-order valence-electron chi connectivity index (χ0n) is 12.9. The predicted molar refractivity (Wildman–Crippen MR) is 84.5 cm³/mol. The van der Waals surface area contributed by atoms with E-state index in [1.807, 2.05) is 12.3 Å². The highest BCUT2D eigenvalue weighted by Gasteiger charge is 2.27. The molecule has 0 aromatic carbocycles. The maximum atomic E-state index is 12.1. The zero-order valence-corrected chi connectivity index (χ0v) is 13.8. The van der Waals surface area contributed by atoms with E-state index in [0.29, 0.717) is 19.7 Å². The fraction of sp³-hybridized carbons (Fsp3) is 0.533. The molecule has 0 N–H and O–H groups in total. The van der Waals surface area contributed by atoms with E-state index in [2.05, 4.69) is 11.6 Å². The monoisotopic (exact) mass is 323 g/mol. The zero-order chi connectivity index (χ0) is 16.1. The number of aromatic nitrogens is 1. The number of ether oxygens (including phenoxy) is 1. The second-order valence-corrected chi connectivity index (χ2v) is 6.29. The Morgan fingerprint density at radius 2 is 2.41 bits per heavy atom. The second-order valence-electron chi connectivity index (χ2n) is 5.34. The van der Waals surface area contributed by atoms with E-state index in [-0.39, 0.29) is 24.5 Å². The Balaban J connectivity index is 1.75. The third-order valence-electron chi connectivity index (χ3n) is 3.53. The van der Waals surface area contributed by atoms with Crippen molar-refractivity contribution in [3.8, 4) is 0 Å². The number of amides is 2. The summed E-state index contributed by atoms with van der Waals surface area (Å²) in [6.45, 7) is 7.16. The summed E-state index contributed by atoms with van der Waals surface area (Å²) in [5.74, 6) is -0.312. The van der Waals surface area contributed by atoms with Crippen LogP contribution in [0.25, 0.3) is 0 Å². The first kappa shape index (κ1) is 16.6. The molecular weight excluding hydrogens is 302 g/mol. The molecular formula is C15H21N3O3S. The predicted octanol–water partition coefficient (Wildman–Crippen LogP) is 1.21. The van der Waals surface area contributed by atoms with Crippen LogP contribution in [0.1, 0.15) is 17.1 Å². The van der Waals surface area contributed by atoms with Gasteiger partial charge in [0.2, 0.25) is 11.8 Å². The van der Waals surface area contributed by atoms with Crippen LogP contribution in [0, 0.1) is 6.92 Å². The molecule has 1 aliphatic rings. The van der Waals surface area contributed by atoms with E-state index in [4.69, 9.17) is 4.74 Å². The Kier molecular flexibility index (Phi) is 5.68. The fourth-order valence-electron chi connectivity index (χ4n) is 2.29. The fourth-order valence-corrected chi connectivity index (χ4v) is 2.98. The molecule has 1 aliphatic heterocycles. The van der Waals surface area contributed by atoms with Crippen molar-refractivity contribution in [3.63, 3.8) is 0 Å². The minimum absolute atomic E-state index is 0.0357. The van der Waals surface area contributed by atoms with Crippen LogP contribution in [0.15, 0.2) is 18.0 Å². The first-order valence-corrected chi connectivity index (χ1v) is 8.05. The van der Waals surface area contributed by atoms with Crippen molar-refractivity contribution < 1.29 is 14.3 Å². The van der Waals surface area contributed by atoms with Crippen LogP contribution in [0.2, 0.25) is 0 Å². The van der Waals surface area contributed by atoms with Crippen LogP contribution < -0.4 is 0 Å². The molecule has 1 unspecified atom stereocenters. The average Bonchev–Trinajstić information content (AvgIpc) is 3.13. The molecule has 0 saturated carbocycles. The third-order valence-corrected chi connectivity index (χ3v) is 4.47. The van der Waals surface area contributed by atoms with Gasteiger partial charge in [0.15, 0.2) is 0 Å². The van der Waals surface area contributed by atoms with Crippen molar-refractivity contribution in [3.05, 3.63) is 28.7 Å². The number of likely N-dealkylation sites (tertiary alicyclic amines) is 1. The Bertz CT molecular complexity index is 558. The summed E-state index contributed by atoms with van der Waals surface area (Å²) in [4.78, 5) is 31.0. The molecule has 6 nitrogen and oxygen atoms in total. The number of nitrogens with zero attached hydrogens (tertiary/aromatic N) is 3. The van der Waals surface area contributed by atoms with Crippen LogP contribution in [-0.4, -0.2) is 59.4 Å². The number of likely N-dealkylation sites (N-methyl/N-ethyl adjacent to an activating group) is 1. The van der Waals surface area contributed by atoms with Crippen molar-refractivity contribution in [1.82, 2.24) is 14.8 Å². The lowest BCUT2D eigenvalue weighted by molar-refractivity contribution is -0.136. The average molecular weight is 323 g/mol. The summed E-state index contributed by atoms with van der Waals surface area (Å²) in [7, 11) is 1.59. The molecule has 1 aromatic rings. The number of thiazole rings is 1. The number of carbonyl (C=O) groups excluding carboxylic acids is 2. The summed E-state index contributed by atoms with van der Waals surface area (Å²) >= 11 is 1.58. The molecule has 2 rings (SSSR count). The Morgan fingerprint density at radius 3 is 3.05 bits per heavy atom. The van der Waals surface area contributed by atoms with Gasteiger partial charge in [-0.05, 0) is 19.4 Å². The molecule has 2 amide bonds. The van der Waals surface area contributed by atoms with Gasteiger partial charge in [-0.2, -0.15) is 0 Å². The summed E-state index contributed by atoms with van der Waals surface area (Å²) < 4.78 is 5.81. The first-order chi connectivity index (χ1) is 10.5. The third kappa shape index (κ3) is 4.38. The van der Waals surface area contributed by atoms with Crippen molar-refractivity contribution in [2.45, 2.75) is 26.1 Å². The van der Waals surface area contributed by atoms with Crippen molar-refractivity contribution in [2.75, 3.05) is 26.7 Å². The summed E-state index contributed by atoms with van der Waals surface area (Å²) in [6, 6.07) is 0. The van der Waals surface area contributed by atoms with Gasteiger partial charge in [-0.25, -0.2) is 4.98 Å². The second kappa shape index (κ2) is 7.51. The largest absolute Gasteiger partial charge is 0.369 e. The quantitative estimate of drug-likeness (QED) is 0.738. The lowest BCUT2D eigenvalue weighted by Crippen LogP contribution is -2.40. The molecule has 1 fully saturated rings. The van der Waals surface area contributed by atoms with E-state index < -0.39 is 0 Å². The van der Waals surface area contributed by atoms with Gasteiger partial charge in [0, 0.05) is 31.2 Å². The van der Waals surface area contributed by atoms with Crippen molar-refractivity contribution in [1.29, 1.82) is 0 Å². The first-order valence-electron chi connectivity index (χ1n) is 7.17. The van der Waals surface area contributed by atoms with E-state index in [9.17, 15) is 9.59 Å². The lowest BCUT2D eigenvalue weighted by Gasteiger charge is -2.20. The summed E-state index contributed by atoms with van der Waals surface area (Å²) in [5.41, 5.74) is 1.00. The maximum absolute atomic E-state index is 12.1. The Hall–Kier alpha value is -1.73. The van der Waals surface area contributed by atoms with Gasteiger partial charge in [0.05, 0.1) is 19.3 Å². The van der Waals surface area contributed by atoms with E-state index in [1.54, 1.807) is 23.3 Å². The smallest absolute Gasteiger partial charge is 0.246 e. The Labute approximate surface area is 134 Å². The normalized spacial score (nSPS) is 17.5. The number of hydrogen-bond donors (Lipinski definition) is 0. The lowest BCUT2D eigenvalue weighted by atomic mass is 10.3. The van der Waals surface area contributed by atoms with Gasteiger partial charge < -0.3 is 14.5 Å². The van der Waals surface area contributed by atoms with E-state index in [1.165, 1.54) is 11.0 Å². The molecule has 22 heavy (non-hydrogen) atoms. The minimum atomic E-state index is -0.250. The molecule has 7 heteroatoms. The summed E-state index contributed by atoms with van der Waals surface area (Å²) in [6.07, 6.45) is 2.06. The van der Waals surface area contributed by atoms with Gasteiger partial charge in [0.25, 0.3) is 0 Å². The van der Waals surface area contributed by atoms with Gasteiger partial charge >= 0.3 is 0 Å². The van der Waals surface area contributed by atoms with Gasteiger partial charge in [-0.1, -0.05) is 6.58 Å². The molecule has 120 valence electrons. The standard InChI is InChI=1S/C15H21N3O3S/c1-4-14(19)17(3)8-15(20)18-6-5-12(7-18)21-9-13-16-11(2)10-22-13/h4,10,12H,1,5-9H2,2-3H3. The topological polar surface area (TPSA) is 62.7 Å². The number of hydrogen-bond acceptors (Lipinski definition) is 5. The van der Waals surface area contributed by atoms with Gasteiger partial charge in [-0.3, -0.25) is 9.59 Å². The molecule has 0 bridgehead atoms. The molecule has 1 atom stereocenters. The highest BCUT2D eigenvalue weighted by Crippen LogP contribution is 2.17. The highest BCUT2D eigenvalue weighted by atomic mass is 32.1. The number of carbonyl (C=O) groups is 2. The van der Waals surface area contributed by atoms with E-state index >= 15 is 0 Å². The van der Waals surface area contributed by atoms with Gasteiger partial charge in [-0.15, -0.1) is 11.3 Å². The number of aryl methyl sites for hydroxylation is 1. The van der Waals surface area contributed by atoms with Crippen LogP contribution >= 0.6 is 11.3 Å². The molecule has 0 aliphatic carbocycles. The minimum Gasteiger partial charge on any atom is -0.369 e. The molecule has 2 heterocycles. The Morgan fingerprint density at radius 1 is 1.64 bits per heavy atom. The SMILES string of the molecule is C=CC(=O)N(C)CC(=O)N1CCC(OCc2nc(C)cs2)C1. The number of rotatable bonds is 6. The van der Waals surface area contributed by atoms with Crippen LogP contribution in [0.4, 0.5) is 0 Å². The molecule has 0 spiro atoms. The maximum Gasteiger partial charge on any atom is 0.246 e.